The van der Waals surface area contributed by atoms with Crippen LogP contribution in [-0.2, 0) is 9.53 Å². The average molecular weight is 309 g/mol. The van der Waals surface area contributed by atoms with Gasteiger partial charge in [0.25, 0.3) is 0 Å². The second-order valence-electron chi connectivity index (χ2n) is 7.99. The smallest absolute Gasteiger partial charge is 0.410 e. The quantitative estimate of drug-likeness (QED) is 0.828. The van der Waals surface area contributed by atoms with E-state index in [1.807, 2.05) is 32.7 Å². The number of amides is 2. The summed E-state index contributed by atoms with van der Waals surface area (Å²) in [6.07, 6.45) is 1.50. The van der Waals surface area contributed by atoms with Gasteiger partial charge in [-0.2, -0.15) is 0 Å². The zero-order chi connectivity index (χ0) is 16.1. The summed E-state index contributed by atoms with van der Waals surface area (Å²) in [6, 6.07) is 0.695. The highest BCUT2D eigenvalue weighted by atomic mass is 16.6. The van der Waals surface area contributed by atoms with Crippen LogP contribution in [0.3, 0.4) is 0 Å². The molecule has 1 aliphatic carbocycles. The lowest BCUT2D eigenvalue weighted by molar-refractivity contribution is -0.126. The van der Waals surface area contributed by atoms with Crippen LogP contribution < -0.4 is 5.32 Å². The summed E-state index contributed by atoms with van der Waals surface area (Å²) >= 11 is 0. The summed E-state index contributed by atoms with van der Waals surface area (Å²) in [4.78, 5) is 27.4. The van der Waals surface area contributed by atoms with Gasteiger partial charge in [-0.25, -0.2) is 4.79 Å². The van der Waals surface area contributed by atoms with E-state index in [1.165, 1.54) is 0 Å². The topological polar surface area (TPSA) is 61.9 Å². The summed E-state index contributed by atoms with van der Waals surface area (Å²) in [5.74, 6) is 1.31. The van der Waals surface area contributed by atoms with Gasteiger partial charge in [0.15, 0.2) is 0 Å². The molecule has 2 amide bonds. The van der Waals surface area contributed by atoms with E-state index in [4.69, 9.17) is 4.74 Å². The second-order valence-corrected chi connectivity index (χ2v) is 7.99. The zero-order valence-corrected chi connectivity index (χ0v) is 14.0. The molecule has 3 aliphatic rings. The molecular weight excluding hydrogens is 282 g/mol. The van der Waals surface area contributed by atoms with Crippen molar-refractivity contribution in [1.29, 1.82) is 0 Å². The first-order valence-corrected chi connectivity index (χ1v) is 8.21. The van der Waals surface area contributed by atoms with Crippen molar-refractivity contribution >= 4 is 12.0 Å². The van der Waals surface area contributed by atoms with E-state index in [2.05, 4.69) is 5.32 Å². The average Bonchev–Trinajstić information content (AvgIpc) is 2.86. The molecule has 4 atom stereocenters. The van der Waals surface area contributed by atoms with Gasteiger partial charge in [0.1, 0.15) is 5.60 Å². The van der Waals surface area contributed by atoms with Gasteiger partial charge in [-0.1, -0.05) is 0 Å². The van der Waals surface area contributed by atoms with Crippen molar-refractivity contribution in [3.05, 3.63) is 0 Å². The molecule has 3 fully saturated rings. The van der Waals surface area contributed by atoms with E-state index in [9.17, 15) is 9.59 Å². The number of carbonyl (C=O) groups excluding carboxylic acids is 2. The van der Waals surface area contributed by atoms with Gasteiger partial charge in [-0.05, 0) is 39.0 Å². The van der Waals surface area contributed by atoms with Crippen molar-refractivity contribution < 1.29 is 14.3 Å². The lowest BCUT2D eigenvalue weighted by Gasteiger charge is -2.41. The molecule has 2 heterocycles. The number of fused-ring (bicyclic) bond motifs is 1. The standard InChI is InChI=1S/C16H27N3O3/c1-16(2,3)22-15(21)19-7-10-5-13(12(10)9-19)17-11-6-14(20)18(4)8-11/h10-13,17H,5-9H2,1-4H3/t10-,11?,12+,13?/m1/s1. The van der Waals surface area contributed by atoms with Crippen LogP contribution in [0.2, 0.25) is 0 Å². The van der Waals surface area contributed by atoms with Crippen molar-refractivity contribution in [2.24, 2.45) is 11.8 Å². The molecule has 0 aromatic carbocycles. The predicted molar refractivity (Wildman–Crippen MR) is 82.4 cm³/mol. The number of nitrogens with zero attached hydrogens (tertiary/aromatic N) is 2. The minimum Gasteiger partial charge on any atom is -0.444 e. The maximum Gasteiger partial charge on any atom is 0.410 e. The fourth-order valence-electron chi connectivity index (χ4n) is 3.85. The number of ether oxygens (including phenoxy) is 1. The Kier molecular flexibility index (Phi) is 3.83. The third kappa shape index (κ3) is 3.07. The van der Waals surface area contributed by atoms with Crippen LogP contribution in [0.5, 0.6) is 0 Å². The summed E-state index contributed by atoms with van der Waals surface area (Å²) in [7, 11) is 1.85. The maximum absolute atomic E-state index is 12.1. The number of rotatable bonds is 2. The Morgan fingerprint density at radius 3 is 2.59 bits per heavy atom. The highest BCUT2D eigenvalue weighted by Crippen LogP contribution is 2.41. The van der Waals surface area contributed by atoms with Crippen LogP contribution in [-0.4, -0.2) is 66.2 Å². The zero-order valence-electron chi connectivity index (χ0n) is 14.0. The molecule has 0 bridgehead atoms. The van der Waals surface area contributed by atoms with Crippen LogP contribution in [0.15, 0.2) is 0 Å². The third-order valence-electron chi connectivity index (χ3n) is 5.01. The number of hydrogen-bond acceptors (Lipinski definition) is 4. The molecule has 2 saturated heterocycles. The first-order valence-electron chi connectivity index (χ1n) is 8.21. The molecule has 0 spiro atoms. The minimum atomic E-state index is -0.439. The SMILES string of the molecule is CN1CC(NC2C[C@@H]3CN(C(=O)OC(C)(C)C)C[C@H]23)CC1=O. The number of nitrogens with one attached hydrogen (secondary N) is 1. The Labute approximate surface area is 132 Å². The fourth-order valence-corrected chi connectivity index (χ4v) is 3.85. The Hall–Kier alpha value is -1.30. The van der Waals surface area contributed by atoms with Crippen molar-refractivity contribution in [2.75, 3.05) is 26.7 Å². The molecule has 124 valence electrons. The van der Waals surface area contributed by atoms with E-state index < -0.39 is 5.60 Å². The number of hydrogen-bond donors (Lipinski definition) is 1. The largest absolute Gasteiger partial charge is 0.444 e. The number of likely N-dealkylation sites (tertiary alicyclic amines) is 2. The molecule has 2 unspecified atom stereocenters. The lowest BCUT2D eigenvalue weighted by atomic mass is 9.71. The van der Waals surface area contributed by atoms with Gasteiger partial charge in [0.05, 0.1) is 0 Å². The van der Waals surface area contributed by atoms with Crippen molar-refractivity contribution in [3.8, 4) is 0 Å². The predicted octanol–water partition coefficient (Wildman–Crippen LogP) is 1.06. The molecule has 22 heavy (non-hydrogen) atoms. The highest BCUT2D eigenvalue weighted by Gasteiger charge is 2.49. The molecule has 0 aromatic rings. The summed E-state index contributed by atoms with van der Waals surface area (Å²) in [5, 5.41) is 3.61. The molecule has 6 nitrogen and oxygen atoms in total. The van der Waals surface area contributed by atoms with Gasteiger partial charge in [-0.3, -0.25) is 4.79 Å². The third-order valence-corrected chi connectivity index (χ3v) is 5.01. The normalized spacial score (nSPS) is 34.6. The van der Waals surface area contributed by atoms with E-state index in [0.29, 0.717) is 24.3 Å². The van der Waals surface area contributed by atoms with E-state index in [1.54, 1.807) is 4.90 Å². The Morgan fingerprint density at radius 1 is 1.27 bits per heavy atom. The Bertz CT molecular complexity index is 474. The molecule has 2 aliphatic heterocycles. The van der Waals surface area contributed by atoms with Gasteiger partial charge >= 0.3 is 6.09 Å². The van der Waals surface area contributed by atoms with Gasteiger partial charge in [0.2, 0.25) is 5.91 Å². The second kappa shape index (κ2) is 5.41. The number of carbonyl (C=O) groups is 2. The van der Waals surface area contributed by atoms with Crippen LogP contribution >= 0.6 is 0 Å². The molecule has 3 rings (SSSR count). The van der Waals surface area contributed by atoms with E-state index in [0.717, 1.165) is 26.1 Å². The molecule has 0 aromatic heterocycles. The maximum atomic E-state index is 12.1. The molecule has 0 radical (unpaired) electrons. The van der Waals surface area contributed by atoms with Crippen molar-refractivity contribution in [3.63, 3.8) is 0 Å². The monoisotopic (exact) mass is 309 g/mol. The van der Waals surface area contributed by atoms with Crippen LogP contribution in [0, 0.1) is 11.8 Å². The van der Waals surface area contributed by atoms with Crippen LogP contribution in [0.1, 0.15) is 33.6 Å². The summed E-state index contributed by atoms with van der Waals surface area (Å²) < 4.78 is 5.46. The molecule has 6 heteroatoms. The van der Waals surface area contributed by atoms with E-state index >= 15 is 0 Å². The van der Waals surface area contributed by atoms with Crippen LogP contribution in [0.4, 0.5) is 4.79 Å². The fraction of sp³-hybridized carbons (Fsp3) is 0.875. The summed E-state index contributed by atoms with van der Waals surface area (Å²) in [5.41, 5.74) is -0.439. The first kappa shape index (κ1) is 15.6. The lowest BCUT2D eigenvalue weighted by Crippen LogP contribution is -2.53. The molecular formula is C16H27N3O3. The van der Waals surface area contributed by atoms with Crippen LogP contribution in [0.25, 0.3) is 0 Å². The number of likely N-dealkylation sites (N-methyl/N-ethyl adjacent to an activating group) is 1. The first-order chi connectivity index (χ1) is 10.2. The van der Waals surface area contributed by atoms with E-state index in [-0.39, 0.29) is 18.0 Å². The minimum absolute atomic E-state index is 0.198. The molecule has 1 N–H and O–H groups in total. The Balaban J connectivity index is 1.49. The van der Waals surface area contributed by atoms with Crippen molar-refractivity contribution in [1.82, 2.24) is 15.1 Å². The van der Waals surface area contributed by atoms with Gasteiger partial charge in [-0.15, -0.1) is 0 Å². The summed E-state index contributed by atoms with van der Waals surface area (Å²) in [6.45, 7) is 8.06. The Morgan fingerprint density at radius 2 is 2.00 bits per heavy atom. The van der Waals surface area contributed by atoms with Crippen molar-refractivity contribution in [2.45, 2.75) is 51.3 Å². The van der Waals surface area contributed by atoms with Gasteiger partial charge in [0, 0.05) is 45.2 Å². The van der Waals surface area contributed by atoms with Gasteiger partial charge < -0.3 is 19.9 Å². The molecule has 1 saturated carbocycles. The highest BCUT2D eigenvalue weighted by molar-refractivity contribution is 5.78.